The molecule has 1 aliphatic carbocycles. The van der Waals surface area contributed by atoms with E-state index in [1.807, 2.05) is 43.3 Å². The van der Waals surface area contributed by atoms with Gasteiger partial charge in [-0.05, 0) is 80.8 Å². The minimum Gasteiger partial charge on any atom is -0.337 e. The van der Waals surface area contributed by atoms with E-state index in [4.69, 9.17) is 0 Å². The third-order valence-corrected chi connectivity index (χ3v) is 8.27. The molecule has 0 spiro atoms. The number of benzene rings is 2. The first-order chi connectivity index (χ1) is 18.2. The molecule has 1 aromatic heterocycles. The van der Waals surface area contributed by atoms with Gasteiger partial charge in [0.15, 0.2) is 0 Å². The third-order valence-electron chi connectivity index (χ3n) is 6.92. The molecule has 3 N–H and O–H groups in total. The minimum absolute atomic E-state index is 0.000337. The Kier molecular flexibility index (Phi) is 8.83. The van der Waals surface area contributed by atoms with Crippen molar-refractivity contribution in [2.24, 2.45) is 5.92 Å². The SMILES string of the molecule is CCN(C(=O)NCCc1ccc(S(=O)(=O)NC(=O)NC2CCC(C)CC2)cc1)c1ccc2ccccc2n1. The van der Waals surface area contributed by atoms with Crippen molar-refractivity contribution in [3.8, 4) is 0 Å². The first-order valence-electron chi connectivity index (χ1n) is 13.1. The highest BCUT2D eigenvalue weighted by Crippen LogP contribution is 2.23. The van der Waals surface area contributed by atoms with Crippen LogP contribution in [0.1, 0.15) is 45.1 Å². The number of amides is 4. The molecule has 202 valence electrons. The number of anilines is 1. The van der Waals surface area contributed by atoms with E-state index >= 15 is 0 Å². The van der Waals surface area contributed by atoms with Crippen LogP contribution in [0.4, 0.5) is 15.4 Å². The zero-order chi connectivity index (χ0) is 27.1. The van der Waals surface area contributed by atoms with Crippen molar-refractivity contribution in [2.45, 2.75) is 56.9 Å². The number of urea groups is 2. The zero-order valence-corrected chi connectivity index (χ0v) is 22.6. The lowest BCUT2D eigenvalue weighted by molar-refractivity contribution is 0.233. The molecule has 1 saturated carbocycles. The number of nitrogens with zero attached hydrogens (tertiary/aromatic N) is 2. The smallest absolute Gasteiger partial charge is 0.328 e. The molecule has 4 amide bonds. The first-order valence-corrected chi connectivity index (χ1v) is 14.6. The number of nitrogens with one attached hydrogen (secondary N) is 3. The molecular formula is C28H35N5O4S. The standard InChI is InChI=1S/C28H35N5O4S/c1-3-33(26-17-12-22-6-4-5-7-25(22)31-26)28(35)29-19-18-21-10-15-24(16-11-21)38(36,37)32-27(34)30-23-13-8-20(2)9-14-23/h4-7,10-12,15-17,20,23H,3,8-9,13-14,18-19H2,1-2H3,(H,29,35)(H2,30,32,34). The van der Waals surface area contributed by atoms with Crippen LogP contribution in [0.2, 0.25) is 0 Å². The molecule has 3 aromatic rings. The van der Waals surface area contributed by atoms with E-state index in [2.05, 4.69) is 27.3 Å². The molecule has 0 radical (unpaired) electrons. The summed E-state index contributed by atoms with van der Waals surface area (Å²) < 4.78 is 27.4. The second-order valence-corrected chi connectivity index (χ2v) is 11.5. The Bertz CT molecular complexity index is 1370. The first kappa shape index (κ1) is 27.4. The fourth-order valence-corrected chi connectivity index (χ4v) is 5.58. The maximum absolute atomic E-state index is 12.8. The van der Waals surface area contributed by atoms with Crippen LogP contribution < -0.4 is 20.3 Å². The predicted molar refractivity (Wildman–Crippen MR) is 149 cm³/mol. The van der Waals surface area contributed by atoms with E-state index in [0.717, 1.165) is 42.1 Å². The number of carbonyl (C=O) groups excluding carboxylic acids is 2. The summed E-state index contributed by atoms with van der Waals surface area (Å²) in [6.45, 7) is 4.90. The van der Waals surface area contributed by atoms with Gasteiger partial charge in [0.25, 0.3) is 10.0 Å². The van der Waals surface area contributed by atoms with E-state index in [-0.39, 0.29) is 17.0 Å². The van der Waals surface area contributed by atoms with Crippen LogP contribution in [-0.2, 0) is 16.4 Å². The van der Waals surface area contributed by atoms with E-state index in [0.29, 0.717) is 31.2 Å². The number of para-hydroxylation sites is 1. The number of hydrogen-bond donors (Lipinski definition) is 3. The Morgan fingerprint density at radius 3 is 2.39 bits per heavy atom. The molecule has 1 aliphatic rings. The largest absolute Gasteiger partial charge is 0.337 e. The van der Waals surface area contributed by atoms with Gasteiger partial charge in [0, 0.05) is 24.5 Å². The summed E-state index contributed by atoms with van der Waals surface area (Å²) in [5.74, 6) is 1.21. The fraction of sp³-hybridized carbons (Fsp3) is 0.393. The van der Waals surface area contributed by atoms with Gasteiger partial charge in [-0.15, -0.1) is 0 Å². The predicted octanol–water partition coefficient (Wildman–Crippen LogP) is 4.58. The van der Waals surface area contributed by atoms with Gasteiger partial charge in [-0.3, -0.25) is 4.90 Å². The van der Waals surface area contributed by atoms with Crippen molar-refractivity contribution in [1.82, 2.24) is 20.3 Å². The van der Waals surface area contributed by atoms with Gasteiger partial charge in [-0.1, -0.05) is 37.3 Å². The molecule has 0 aliphatic heterocycles. The molecule has 0 unspecified atom stereocenters. The van der Waals surface area contributed by atoms with E-state index in [9.17, 15) is 18.0 Å². The Morgan fingerprint density at radius 2 is 1.68 bits per heavy atom. The molecule has 38 heavy (non-hydrogen) atoms. The Morgan fingerprint density at radius 1 is 0.974 bits per heavy atom. The van der Waals surface area contributed by atoms with Crippen molar-refractivity contribution >= 4 is 38.8 Å². The van der Waals surface area contributed by atoms with Crippen molar-refractivity contribution in [2.75, 3.05) is 18.0 Å². The van der Waals surface area contributed by atoms with Crippen LogP contribution in [0.25, 0.3) is 10.9 Å². The quantitative estimate of drug-likeness (QED) is 0.388. The number of pyridine rings is 1. The van der Waals surface area contributed by atoms with E-state index in [1.165, 1.54) is 12.1 Å². The summed E-state index contributed by atoms with van der Waals surface area (Å²) in [6.07, 6.45) is 4.28. The second-order valence-electron chi connectivity index (χ2n) is 9.77. The Hall–Kier alpha value is -3.66. The van der Waals surface area contributed by atoms with Gasteiger partial charge in [-0.25, -0.2) is 27.7 Å². The highest BCUT2D eigenvalue weighted by molar-refractivity contribution is 7.90. The third kappa shape index (κ3) is 7.00. The number of fused-ring (bicyclic) bond motifs is 1. The van der Waals surface area contributed by atoms with Crippen molar-refractivity contribution < 1.29 is 18.0 Å². The lowest BCUT2D eigenvalue weighted by Gasteiger charge is -2.26. The minimum atomic E-state index is -3.98. The maximum atomic E-state index is 12.8. The molecule has 2 aromatic carbocycles. The van der Waals surface area contributed by atoms with Gasteiger partial charge in [-0.2, -0.15) is 0 Å². The van der Waals surface area contributed by atoms with Gasteiger partial charge >= 0.3 is 12.1 Å². The summed E-state index contributed by atoms with van der Waals surface area (Å²) in [6, 6.07) is 16.9. The topological polar surface area (TPSA) is 121 Å². The number of aromatic nitrogens is 1. The van der Waals surface area contributed by atoms with Gasteiger partial charge in [0.1, 0.15) is 5.82 Å². The monoisotopic (exact) mass is 537 g/mol. The number of rotatable bonds is 8. The average Bonchev–Trinajstić information content (AvgIpc) is 2.90. The van der Waals surface area contributed by atoms with E-state index < -0.39 is 16.1 Å². The summed E-state index contributed by atoms with van der Waals surface area (Å²) in [7, 11) is -3.98. The lowest BCUT2D eigenvalue weighted by Crippen LogP contribution is -2.45. The molecule has 0 atom stereocenters. The van der Waals surface area contributed by atoms with Crippen LogP contribution in [0.5, 0.6) is 0 Å². The molecule has 1 heterocycles. The van der Waals surface area contributed by atoms with Crippen molar-refractivity contribution in [3.63, 3.8) is 0 Å². The summed E-state index contributed by atoms with van der Waals surface area (Å²) in [4.78, 5) is 31.2. The Labute approximate surface area is 224 Å². The molecule has 4 rings (SSSR count). The lowest BCUT2D eigenvalue weighted by atomic mass is 9.87. The summed E-state index contributed by atoms with van der Waals surface area (Å²) in [5.41, 5.74) is 1.68. The Balaban J connectivity index is 1.27. The van der Waals surface area contributed by atoms with Crippen molar-refractivity contribution in [1.29, 1.82) is 0 Å². The van der Waals surface area contributed by atoms with Crippen LogP contribution >= 0.6 is 0 Å². The molecule has 0 saturated heterocycles. The second kappa shape index (κ2) is 12.3. The molecule has 9 nitrogen and oxygen atoms in total. The van der Waals surface area contributed by atoms with Crippen LogP contribution in [0.3, 0.4) is 0 Å². The zero-order valence-electron chi connectivity index (χ0n) is 21.8. The molecule has 1 fully saturated rings. The number of sulfonamides is 1. The van der Waals surface area contributed by atoms with Crippen LogP contribution in [0, 0.1) is 5.92 Å². The highest BCUT2D eigenvalue weighted by Gasteiger charge is 2.23. The average molecular weight is 538 g/mol. The van der Waals surface area contributed by atoms with E-state index in [1.54, 1.807) is 17.0 Å². The summed E-state index contributed by atoms with van der Waals surface area (Å²) >= 11 is 0. The van der Waals surface area contributed by atoms with Crippen LogP contribution in [-0.4, -0.2) is 44.6 Å². The fourth-order valence-electron chi connectivity index (χ4n) is 4.66. The van der Waals surface area contributed by atoms with Gasteiger partial charge in [0.05, 0.1) is 10.4 Å². The molecule has 0 bridgehead atoms. The number of hydrogen-bond acceptors (Lipinski definition) is 5. The molecular weight excluding hydrogens is 502 g/mol. The normalized spacial score (nSPS) is 17.5. The van der Waals surface area contributed by atoms with Gasteiger partial charge < -0.3 is 10.6 Å². The maximum Gasteiger partial charge on any atom is 0.328 e. The highest BCUT2D eigenvalue weighted by atomic mass is 32.2. The van der Waals surface area contributed by atoms with Crippen LogP contribution in [0.15, 0.2) is 65.6 Å². The molecule has 10 heteroatoms. The number of carbonyl (C=O) groups is 2. The summed E-state index contributed by atoms with van der Waals surface area (Å²) in [5, 5.41) is 6.68. The van der Waals surface area contributed by atoms with Gasteiger partial charge in [0.2, 0.25) is 0 Å². The van der Waals surface area contributed by atoms with Crippen molar-refractivity contribution in [3.05, 3.63) is 66.2 Å².